The summed E-state index contributed by atoms with van der Waals surface area (Å²) in [6.45, 7) is 3.81. The van der Waals surface area contributed by atoms with Crippen molar-refractivity contribution >= 4 is 5.97 Å². The summed E-state index contributed by atoms with van der Waals surface area (Å²) in [5.41, 5.74) is -0.0245. The molecule has 1 aromatic rings. The van der Waals surface area contributed by atoms with Crippen LogP contribution in [0.25, 0.3) is 0 Å². The number of rotatable bonds is 7. The van der Waals surface area contributed by atoms with Crippen LogP contribution in [0.3, 0.4) is 0 Å². The van der Waals surface area contributed by atoms with Crippen LogP contribution in [0, 0.1) is 0 Å². The molecule has 0 unspecified atom stereocenters. The van der Waals surface area contributed by atoms with Gasteiger partial charge in [0, 0.05) is 6.54 Å². The third-order valence-corrected chi connectivity index (χ3v) is 2.42. The SMILES string of the molecule is CCCCNCCOC(=O)c1cc(O)ccc1O. The molecule has 5 heteroatoms. The average molecular weight is 253 g/mol. The number of aromatic hydroxyl groups is 2. The van der Waals surface area contributed by atoms with Gasteiger partial charge in [0.15, 0.2) is 0 Å². The highest BCUT2D eigenvalue weighted by molar-refractivity contribution is 5.92. The zero-order chi connectivity index (χ0) is 13.4. The summed E-state index contributed by atoms with van der Waals surface area (Å²) in [7, 11) is 0. The minimum atomic E-state index is -0.638. The first-order chi connectivity index (χ1) is 8.65. The zero-order valence-electron chi connectivity index (χ0n) is 10.5. The molecule has 0 aliphatic carbocycles. The van der Waals surface area contributed by atoms with Gasteiger partial charge in [-0.05, 0) is 31.2 Å². The fourth-order valence-corrected chi connectivity index (χ4v) is 1.41. The quantitative estimate of drug-likeness (QED) is 0.391. The zero-order valence-corrected chi connectivity index (χ0v) is 10.5. The summed E-state index contributed by atoms with van der Waals surface area (Å²) in [6.07, 6.45) is 2.20. The van der Waals surface area contributed by atoms with E-state index in [1.54, 1.807) is 0 Å². The average Bonchev–Trinajstić information content (AvgIpc) is 2.36. The number of carbonyl (C=O) groups is 1. The monoisotopic (exact) mass is 253 g/mol. The summed E-state index contributed by atoms with van der Waals surface area (Å²) in [5, 5.41) is 21.8. The maximum absolute atomic E-state index is 11.6. The lowest BCUT2D eigenvalue weighted by Crippen LogP contribution is -2.22. The van der Waals surface area contributed by atoms with E-state index in [1.807, 2.05) is 0 Å². The highest BCUT2D eigenvalue weighted by atomic mass is 16.5. The first-order valence-corrected chi connectivity index (χ1v) is 6.05. The molecule has 0 bridgehead atoms. The van der Waals surface area contributed by atoms with Gasteiger partial charge < -0.3 is 20.3 Å². The van der Waals surface area contributed by atoms with Crippen molar-refractivity contribution in [2.75, 3.05) is 19.7 Å². The lowest BCUT2D eigenvalue weighted by molar-refractivity contribution is 0.0505. The molecule has 0 heterocycles. The van der Waals surface area contributed by atoms with E-state index in [4.69, 9.17) is 4.74 Å². The fourth-order valence-electron chi connectivity index (χ4n) is 1.41. The summed E-state index contributed by atoms with van der Waals surface area (Å²) in [6, 6.07) is 3.74. The standard InChI is InChI=1S/C13H19NO4/c1-2-3-6-14-7-8-18-13(17)11-9-10(15)4-5-12(11)16/h4-5,9,14-16H,2-3,6-8H2,1H3. The Labute approximate surface area is 106 Å². The molecule has 0 aliphatic rings. The van der Waals surface area contributed by atoms with Crippen LogP contribution in [0.1, 0.15) is 30.1 Å². The lowest BCUT2D eigenvalue weighted by atomic mass is 10.2. The summed E-state index contributed by atoms with van der Waals surface area (Å²) < 4.78 is 4.97. The molecule has 0 saturated heterocycles. The van der Waals surface area contributed by atoms with Crippen LogP contribution in [-0.2, 0) is 4.74 Å². The van der Waals surface area contributed by atoms with Gasteiger partial charge in [-0.25, -0.2) is 4.79 Å². The molecule has 0 saturated carbocycles. The van der Waals surface area contributed by atoms with Crippen molar-refractivity contribution in [3.8, 4) is 11.5 Å². The predicted octanol–water partition coefficient (Wildman–Crippen LogP) is 1.64. The Bertz CT molecular complexity index is 393. The van der Waals surface area contributed by atoms with Gasteiger partial charge in [0.25, 0.3) is 0 Å². The molecule has 1 aromatic carbocycles. The molecule has 3 N–H and O–H groups in total. The van der Waals surface area contributed by atoms with Crippen molar-refractivity contribution in [3.05, 3.63) is 23.8 Å². The molecule has 0 amide bonds. The molecule has 0 aromatic heterocycles. The van der Waals surface area contributed by atoms with Crippen LogP contribution < -0.4 is 5.32 Å². The first-order valence-electron chi connectivity index (χ1n) is 6.05. The van der Waals surface area contributed by atoms with Gasteiger partial charge in [0.2, 0.25) is 0 Å². The maximum Gasteiger partial charge on any atom is 0.342 e. The van der Waals surface area contributed by atoms with Gasteiger partial charge in [-0.3, -0.25) is 0 Å². The molecule has 0 fully saturated rings. The summed E-state index contributed by atoms with van der Waals surface area (Å²) in [5.74, 6) is -0.918. The second kappa shape index (κ2) is 7.55. The van der Waals surface area contributed by atoms with Crippen molar-refractivity contribution in [2.45, 2.75) is 19.8 Å². The number of ether oxygens (including phenoxy) is 1. The third kappa shape index (κ3) is 4.63. The minimum absolute atomic E-state index is 0.0245. The van der Waals surface area contributed by atoms with Gasteiger partial charge in [-0.2, -0.15) is 0 Å². The van der Waals surface area contributed by atoms with E-state index in [2.05, 4.69) is 12.2 Å². The van der Waals surface area contributed by atoms with E-state index < -0.39 is 5.97 Å². The van der Waals surface area contributed by atoms with Gasteiger partial charge in [-0.15, -0.1) is 0 Å². The minimum Gasteiger partial charge on any atom is -0.508 e. The van der Waals surface area contributed by atoms with Crippen LogP contribution in [0.2, 0.25) is 0 Å². The fraction of sp³-hybridized carbons (Fsp3) is 0.462. The highest BCUT2D eigenvalue weighted by Gasteiger charge is 2.13. The number of esters is 1. The second-order valence-electron chi connectivity index (χ2n) is 3.94. The molecule has 0 atom stereocenters. The normalized spacial score (nSPS) is 10.3. The number of hydrogen-bond donors (Lipinski definition) is 3. The van der Waals surface area contributed by atoms with E-state index in [-0.39, 0.29) is 23.7 Å². The number of unbranched alkanes of at least 4 members (excludes halogenated alkanes) is 1. The van der Waals surface area contributed by atoms with Crippen molar-refractivity contribution in [1.82, 2.24) is 5.32 Å². The first kappa shape index (κ1) is 14.3. The topological polar surface area (TPSA) is 78.8 Å². The Morgan fingerprint density at radius 2 is 2.11 bits per heavy atom. The molecule has 18 heavy (non-hydrogen) atoms. The number of benzene rings is 1. The molecule has 0 spiro atoms. The molecule has 5 nitrogen and oxygen atoms in total. The Kier molecular flexibility index (Phi) is 6.00. The molecule has 0 radical (unpaired) electrons. The van der Waals surface area contributed by atoms with Crippen LogP contribution in [0.15, 0.2) is 18.2 Å². The molecular weight excluding hydrogens is 234 g/mol. The smallest absolute Gasteiger partial charge is 0.342 e. The number of hydrogen-bond acceptors (Lipinski definition) is 5. The number of nitrogens with one attached hydrogen (secondary N) is 1. The summed E-state index contributed by atoms with van der Waals surface area (Å²) >= 11 is 0. The second-order valence-corrected chi connectivity index (χ2v) is 3.94. The number of phenols is 2. The van der Waals surface area contributed by atoms with E-state index >= 15 is 0 Å². The largest absolute Gasteiger partial charge is 0.508 e. The molecule has 100 valence electrons. The Morgan fingerprint density at radius 1 is 1.33 bits per heavy atom. The van der Waals surface area contributed by atoms with Crippen molar-refractivity contribution < 1.29 is 19.7 Å². The maximum atomic E-state index is 11.6. The predicted molar refractivity (Wildman–Crippen MR) is 67.8 cm³/mol. The van der Waals surface area contributed by atoms with Crippen molar-refractivity contribution in [1.29, 1.82) is 0 Å². The number of carbonyl (C=O) groups excluding carboxylic acids is 1. The highest BCUT2D eigenvalue weighted by Crippen LogP contribution is 2.22. The van der Waals surface area contributed by atoms with Crippen LogP contribution in [0.5, 0.6) is 11.5 Å². The van der Waals surface area contributed by atoms with E-state index in [0.717, 1.165) is 19.4 Å². The van der Waals surface area contributed by atoms with Gasteiger partial charge in [0.1, 0.15) is 23.7 Å². The van der Waals surface area contributed by atoms with Crippen LogP contribution >= 0.6 is 0 Å². The van der Waals surface area contributed by atoms with E-state index in [9.17, 15) is 15.0 Å². The van der Waals surface area contributed by atoms with E-state index in [0.29, 0.717) is 6.54 Å². The van der Waals surface area contributed by atoms with Crippen molar-refractivity contribution in [3.63, 3.8) is 0 Å². The van der Waals surface area contributed by atoms with E-state index in [1.165, 1.54) is 18.2 Å². The lowest BCUT2D eigenvalue weighted by Gasteiger charge is -2.07. The van der Waals surface area contributed by atoms with Crippen LogP contribution in [-0.4, -0.2) is 35.9 Å². The molecular formula is C13H19NO4. The molecule has 0 aliphatic heterocycles. The third-order valence-electron chi connectivity index (χ3n) is 2.42. The van der Waals surface area contributed by atoms with Crippen LogP contribution in [0.4, 0.5) is 0 Å². The number of phenolic OH excluding ortho intramolecular Hbond substituents is 2. The molecule has 1 rings (SSSR count). The van der Waals surface area contributed by atoms with Gasteiger partial charge in [-0.1, -0.05) is 13.3 Å². The Hall–Kier alpha value is -1.75. The Morgan fingerprint density at radius 3 is 2.83 bits per heavy atom. The van der Waals surface area contributed by atoms with Gasteiger partial charge in [0.05, 0.1) is 0 Å². The van der Waals surface area contributed by atoms with Crippen molar-refractivity contribution in [2.24, 2.45) is 0 Å². The van der Waals surface area contributed by atoms with Gasteiger partial charge >= 0.3 is 5.97 Å². The Balaban J connectivity index is 2.34. The summed E-state index contributed by atoms with van der Waals surface area (Å²) in [4.78, 5) is 11.6.